The van der Waals surface area contributed by atoms with Crippen LogP contribution in [0.15, 0.2) is 54.6 Å². The molecule has 0 amide bonds. The minimum Gasteiger partial charge on any atom is -0.652 e. The van der Waals surface area contributed by atoms with Gasteiger partial charge in [0.2, 0.25) is 0 Å². The van der Waals surface area contributed by atoms with Gasteiger partial charge in [-0.15, -0.1) is 12.6 Å². The molecule has 1 atom stereocenters. The van der Waals surface area contributed by atoms with Crippen LogP contribution in [-0.2, 0) is 6.54 Å². The van der Waals surface area contributed by atoms with E-state index in [0.29, 0.717) is 6.54 Å². The summed E-state index contributed by atoms with van der Waals surface area (Å²) < 4.78 is 5.32. The molecular weight excluding hydrogens is 229 g/mol. The van der Waals surface area contributed by atoms with Gasteiger partial charge in [0, 0.05) is 0 Å². The van der Waals surface area contributed by atoms with Crippen LogP contribution < -0.4 is 23.6 Å². The molecule has 2 nitrogen and oxygen atoms in total. The van der Waals surface area contributed by atoms with Gasteiger partial charge in [0.15, 0.2) is 0 Å². The Bertz CT molecular complexity index is 487. The second kappa shape index (κ2) is 8.07. The first-order valence-corrected chi connectivity index (χ1v) is 6.14. The number of methoxy groups -OCH3 is 1. The third kappa shape index (κ3) is 4.44. The van der Waals surface area contributed by atoms with E-state index in [1.165, 1.54) is 5.56 Å². The maximum atomic E-state index is 5.32. The minimum absolute atomic E-state index is 0. The Balaban J connectivity index is 0.00000180. The summed E-state index contributed by atoms with van der Waals surface area (Å²) >= 11 is 0. The van der Waals surface area contributed by atoms with E-state index in [1.807, 2.05) is 36.4 Å². The van der Waals surface area contributed by atoms with Crippen LogP contribution in [0.4, 0.5) is 0 Å². The monoisotopic (exact) mass is 247 g/mol. The first-order valence-electron chi connectivity index (χ1n) is 6.14. The molecule has 0 heterocycles. The zero-order valence-electron chi connectivity index (χ0n) is 11.8. The molecule has 0 aliphatic heterocycles. The van der Waals surface area contributed by atoms with Gasteiger partial charge >= 0.3 is 18.9 Å². The summed E-state index contributed by atoms with van der Waals surface area (Å²) in [6.07, 6.45) is 0. The fraction of sp³-hybridized carbons (Fsp3) is 0.250. The summed E-state index contributed by atoms with van der Waals surface area (Å²) in [6.45, 7) is 2.80. The first-order chi connectivity index (χ1) is 8.81. The number of para-hydroxylation sites is 1. The zero-order valence-corrected chi connectivity index (χ0v) is 11.8. The van der Waals surface area contributed by atoms with Gasteiger partial charge in [-0.25, -0.2) is 0 Å². The molecule has 0 bridgehead atoms. The Morgan fingerprint density at radius 1 is 1.00 bits per heavy atom. The van der Waals surface area contributed by atoms with Crippen LogP contribution in [0.5, 0.6) is 5.75 Å². The fourth-order valence-corrected chi connectivity index (χ4v) is 1.91. The minimum atomic E-state index is 0. The largest absolute Gasteiger partial charge is 1.00 e. The second-order valence-electron chi connectivity index (χ2n) is 4.24. The average molecular weight is 247 g/mol. The molecule has 0 aliphatic carbocycles. The predicted molar refractivity (Wildman–Crippen MR) is 74.9 cm³/mol. The van der Waals surface area contributed by atoms with E-state index in [2.05, 4.69) is 25.1 Å². The molecule has 0 aromatic heterocycles. The van der Waals surface area contributed by atoms with Crippen molar-refractivity contribution in [2.24, 2.45) is 0 Å². The Hall–Kier alpha value is -1.20. The molecule has 0 aliphatic rings. The van der Waals surface area contributed by atoms with Crippen LogP contribution in [0.25, 0.3) is 5.32 Å². The quantitative estimate of drug-likeness (QED) is 0.731. The van der Waals surface area contributed by atoms with Crippen LogP contribution in [0.2, 0.25) is 0 Å². The van der Waals surface area contributed by atoms with Crippen LogP contribution in [0.3, 0.4) is 0 Å². The SMILES string of the molecule is COc1ccccc1C[N-][C@H](C)c1ccccc1.[Li+]. The Morgan fingerprint density at radius 2 is 1.63 bits per heavy atom. The molecule has 2 rings (SSSR count). The second-order valence-corrected chi connectivity index (χ2v) is 4.24. The Labute approximate surface area is 127 Å². The van der Waals surface area contributed by atoms with E-state index in [0.717, 1.165) is 11.3 Å². The standard InChI is InChI=1S/C16H18NO.Li/c1-13(14-8-4-3-5-9-14)17-12-15-10-6-7-11-16(15)18-2;/h3-11,13H,12H2,1-2H3;/q-1;+1/t13-;/m1./s1. The number of benzene rings is 2. The molecule has 94 valence electrons. The van der Waals surface area contributed by atoms with Crippen LogP contribution >= 0.6 is 0 Å². The summed E-state index contributed by atoms with van der Waals surface area (Å²) in [4.78, 5) is 0. The van der Waals surface area contributed by atoms with Crippen molar-refractivity contribution >= 4 is 0 Å². The van der Waals surface area contributed by atoms with Crippen molar-refractivity contribution in [2.45, 2.75) is 19.5 Å². The first kappa shape index (κ1) is 15.9. The van der Waals surface area contributed by atoms with Gasteiger partial charge in [-0.05, 0) is 11.6 Å². The van der Waals surface area contributed by atoms with E-state index in [-0.39, 0.29) is 24.9 Å². The third-order valence-electron chi connectivity index (χ3n) is 3.01. The van der Waals surface area contributed by atoms with Gasteiger partial charge in [0.1, 0.15) is 5.75 Å². The molecule has 0 saturated carbocycles. The number of hydrogen-bond donors (Lipinski definition) is 0. The van der Waals surface area contributed by atoms with Gasteiger partial charge < -0.3 is 10.1 Å². The van der Waals surface area contributed by atoms with Crippen molar-refractivity contribution in [2.75, 3.05) is 7.11 Å². The predicted octanol–water partition coefficient (Wildman–Crippen LogP) is 1.33. The zero-order chi connectivity index (χ0) is 12.8. The van der Waals surface area contributed by atoms with E-state index < -0.39 is 0 Å². The number of rotatable bonds is 5. The normalized spacial score (nSPS) is 11.5. The smallest absolute Gasteiger partial charge is 0.652 e. The van der Waals surface area contributed by atoms with E-state index in [4.69, 9.17) is 10.1 Å². The number of ether oxygens (including phenoxy) is 1. The van der Waals surface area contributed by atoms with Crippen LogP contribution in [0, 0.1) is 0 Å². The van der Waals surface area contributed by atoms with Crippen molar-refractivity contribution < 1.29 is 23.6 Å². The molecule has 0 unspecified atom stereocenters. The van der Waals surface area contributed by atoms with Crippen molar-refractivity contribution in [3.63, 3.8) is 0 Å². The average Bonchev–Trinajstić information content (AvgIpc) is 2.46. The van der Waals surface area contributed by atoms with Gasteiger partial charge in [-0.2, -0.15) is 0 Å². The molecule has 19 heavy (non-hydrogen) atoms. The number of hydrogen-bond acceptors (Lipinski definition) is 1. The molecule has 3 heteroatoms. The summed E-state index contributed by atoms with van der Waals surface area (Å²) in [7, 11) is 1.69. The van der Waals surface area contributed by atoms with E-state index in [9.17, 15) is 0 Å². The summed E-state index contributed by atoms with van der Waals surface area (Å²) in [5.41, 5.74) is 2.37. The van der Waals surface area contributed by atoms with Crippen LogP contribution in [0.1, 0.15) is 24.1 Å². The molecule has 0 radical (unpaired) electrons. The van der Waals surface area contributed by atoms with Gasteiger partial charge in [-0.1, -0.05) is 61.0 Å². The maximum Gasteiger partial charge on any atom is 1.00 e. The molecule has 0 saturated heterocycles. The number of nitrogens with zero attached hydrogens (tertiary/aromatic N) is 1. The van der Waals surface area contributed by atoms with Crippen LogP contribution in [-0.4, -0.2) is 7.11 Å². The molecule has 2 aromatic carbocycles. The Kier molecular flexibility index (Phi) is 6.73. The third-order valence-corrected chi connectivity index (χ3v) is 3.01. The van der Waals surface area contributed by atoms with Crippen molar-refractivity contribution in [1.82, 2.24) is 0 Å². The maximum absolute atomic E-state index is 5.32. The van der Waals surface area contributed by atoms with Crippen molar-refractivity contribution in [1.29, 1.82) is 0 Å². The Morgan fingerprint density at radius 3 is 2.32 bits per heavy atom. The summed E-state index contributed by atoms with van der Waals surface area (Å²) in [6, 6.07) is 18.6. The fourth-order valence-electron chi connectivity index (χ4n) is 1.91. The molecule has 2 aromatic rings. The molecule has 0 fully saturated rings. The topological polar surface area (TPSA) is 23.3 Å². The van der Waals surface area contributed by atoms with E-state index >= 15 is 0 Å². The summed E-state index contributed by atoms with van der Waals surface area (Å²) in [5.74, 6) is 0.904. The van der Waals surface area contributed by atoms with Gasteiger partial charge in [-0.3, -0.25) is 0 Å². The molecule has 0 spiro atoms. The molecular formula is C16H18LiNO. The van der Waals surface area contributed by atoms with Gasteiger partial charge in [0.25, 0.3) is 0 Å². The summed E-state index contributed by atoms with van der Waals surface area (Å²) in [5, 5.41) is 4.69. The van der Waals surface area contributed by atoms with Gasteiger partial charge in [0.05, 0.1) is 7.11 Å². The molecule has 0 N–H and O–H groups in total. The van der Waals surface area contributed by atoms with Crippen molar-refractivity contribution in [3.05, 3.63) is 71.0 Å². The van der Waals surface area contributed by atoms with Crippen molar-refractivity contribution in [3.8, 4) is 5.75 Å². The van der Waals surface area contributed by atoms with E-state index in [1.54, 1.807) is 7.11 Å².